The summed E-state index contributed by atoms with van der Waals surface area (Å²) in [6.45, 7) is 4.49. The number of ether oxygens (including phenoxy) is 2. The lowest BCUT2D eigenvalue weighted by molar-refractivity contribution is -0.0386. The highest BCUT2D eigenvalue weighted by molar-refractivity contribution is 5.81. The molecular weight excluding hydrogens is 444 g/mol. The lowest BCUT2D eigenvalue weighted by atomic mass is 10.1. The van der Waals surface area contributed by atoms with E-state index in [0.717, 1.165) is 91.6 Å². The predicted molar refractivity (Wildman–Crippen MR) is 130 cm³/mol. The molecule has 3 atom stereocenters. The molecule has 3 unspecified atom stereocenters. The Bertz CT molecular complexity index is 1370. The van der Waals surface area contributed by atoms with Crippen LogP contribution in [0.15, 0.2) is 30.6 Å². The number of morpholine rings is 1. The van der Waals surface area contributed by atoms with E-state index in [9.17, 15) is 0 Å². The van der Waals surface area contributed by atoms with Crippen LogP contribution in [0.4, 0.5) is 5.82 Å². The Morgan fingerprint density at radius 1 is 1.00 bits per heavy atom. The molecule has 0 amide bonds. The second-order valence-electron chi connectivity index (χ2n) is 9.93. The fraction of sp³-hybridized carbons (Fsp3) is 0.520. The Morgan fingerprint density at radius 3 is 2.60 bits per heavy atom. The van der Waals surface area contributed by atoms with Gasteiger partial charge in [0.25, 0.3) is 0 Å². The standard InChI is InChI=1S/C25H30N8O2/c1-16-11-21(32(28-16)24-5-3-4-10-34-24)25-26-13-22-19(20-8-9-27-30(20)2)12-23(29-33(22)25)31-14-17-6-7-18(15-31)35-17/h8-9,11-13,17-18,24H,3-7,10,14-15H2,1-2H3. The highest BCUT2D eigenvalue weighted by Gasteiger charge is 2.35. The average molecular weight is 475 g/mol. The number of nitrogens with zero attached hydrogens (tertiary/aromatic N) is 8. The molecule has 35 heavy (non-hydrogen) atoms. The molecule has 0 aromatic carbocycles. The minimum Gasteiger partial charge on any atom is -0.371 e. The topological polar surface area (TPSA) is 87.5 Å². The van der Waals surface area contributed by atoms with E-state index in [1.54, 1.807) is 0 Å². The SMILES string of the molecule is Cc1cc(-c2ncc3c(-c4ccnn4C)cc(N4CC5CCC(C4)O5)nn23)n(C2CCCCO2)n1. The van der Waals surface area contributed by atoms with Gasteiger partial charge in [0.2, 0.25) is 0 Å². The summed E-state index contributed by atoms with van der Waals surface area (Å²) >= 11 is 0. The number of imidazole rings is 1. The van der Waals surface area contributed by atoms with Gasteiger partial charge in [0, 0.05) is 38.5 Å². The Kier molecular flexibility index (Phi) is 4.92. The number of anilines is 1. The van der Waals surface area contributed by atoms with E-state index >= 15 is 0 Å². The van der Waals surface area contributed by atoms with Crippen molar-refractivity contribution in [3.63, 3.8) is 0 Å². The number of rotatable bonds is 4. The molecule has 4 aromatic heterocycles. The molecule has 0 radical (unpaired) electrons. The van der Waals surface area contributed by atoms with Crippen LogP contribution < -0.4 is 4.90 Å². The van der Waals surface area contributed by atoms with Crippen LogP contribution in [0.3, 0.4) is 0 Å². The fourth-order valence-corrected chi connectivity index (χ4v) is 5.76. The molecule has 0 saturated carbocycles. The molecule has 7 heterocycles. The molecule has 10 heteroatoms. The van der Waals surface area contributed by atoms with Gasteiger partial charge in [0.15, 0.2) is 12.1 Å². The largest absolute Gasteiger partial charge is 0.371 e. The number of hydrogen-bond acceptors (Lipinski definition) is 7. The Hall–Kier alpha value is -3.24. The normalized spacial score (nSPS) is 24.5. The van der Waals surface area contributed by atoms with Crippen LogP contribution in [0.2, 0.25) is 0 Å². The summed E-state index contributed by atoms with van der Waals surface area (Å²) in [5.41, 5.74) is 4.90. The van der Waals surface area contributed by atoms with Crippen LogP contribution in [0, 0.1) is 6.92 Å². The lowest BCUT2D eigenvalue weighted by Gasteiger charge is -2.33. The van der Waals surface area contributed by atoms with Gasteiger partial charge in [-0.3, -0.25) is 4.68 Å². The third-order valence-electron chi connectivity index (χ3n) is 7.47. The highest BCUT2D eigenvalue weighted by atomic mass is 16.5. The van der Waals surface area contributed by atoms with Crippen molar-refractivity contribution in [2.24, 2.45) is 7.05 Å². The zero-order chi connectivity index (χ0) is 23.5. The predicted octanol–water partition coefficient (Wildman–Crippen LogP) is 3.37. The van der Waals surface area contributed by atoms with Crippen LogP contribution in [0.25, 0.3) is 28.3 Å². The van der Waals surface area contributed by atoms with Crippen molar-refractivity contribution in [3.05, 3.63) is 36.3 Å². The summed E-state index contributed by atoms with van der Waals surface area (Å²) in [6.07, 6.45) is 9.64. The van der Waals surface area contributed by atoms with Gasteiger partial charge in [0.1, 0.15) is 11.5 Å². The van der Waals surface area contributed by atoms with Gasteiger partial charge in [-0.25, -0.2) is 14.2 Å². The first-order valence-electron chi connectivity index (χ1n) is 12.6. The highest BCUT2D eigenvalue weighted by Crippen LogP contribution is 2.35. The number of fused-ring (bicyclic) bond motifs is 3. The second kappa shape index (κ2) is 8.17. The molecule has 182 valence electrons. The number of hydrogen-bond donors (Lipinski definition) is 0. The van der Waals surface area contributed by atoms with E-state index in [2.05, 4.69) is 22.1 Å². The van der Waals surface area contributed by atoms with Crippen molar-refractivity contribution in [3.8, 4) is 22.8 Å². The molecular formula is C25H30N8O2. The summed E-state index contributed by atoms with van der Waals surface area (Å²) in [4.78, 5) is 7.24. The summed E-state index contributed by atoms with van der Waals surface area (Å²) in [5.74, 6) is 1.71. The molecule has 10 nitrogen and oxygen atoms in total. The number of aromatic nitrogens is 7. The molecule has 7 rings (SSSR count). The van der Waals surface area contributed by atoms with Crippen LogP contribution in [-0.2, 0) is 16.5 Å². The maximum Gasteiger partial charge on any atom is 0.179 e. The molecule has 2 bridgehead atoms. The van der Waals surface area contributed by atoms with Gasteiger partial charge >= 0.3 is 0 Å². The summed E-state index contributed by atoms with van der Waals surface area (Å²) in [5, 5.41) is 14.4. The number of aryl methyl sites for hydroxylation is 2. The Labute approximate surface area is 203 Å². The quantitative estimate of drug-likeness (QED) is 0.448. The van der Waals surface area contributed by atoms with Crippen molar-refractivity contribution < 1.29 is 9.47 Å². The van der Waals surface area contributed by atoms with Crippen molar-refractivity contribution in [2.45, 2.75) is 57.5 Å². The molecule has 0 spiro atoms. The summed E-state index contributed by atoms with van der Waals surface area (Å²) in [7, 11) is 1.97. The first-order chi connectivity index (χ1) is 17.1. The first kappa shape index (κ1) is 21.1. The second-order valence-corrected chi connectivity index (χ2v) is 9.93. The van der Waals surface area contributed by atoms with E-state index in [1.807, 2.05) is 46.3 Å². The molecule has 4 aromatic rings. The van der Waals surface area contributed by atoms with Gasteiger partial charge < -0.3 is 14.4 Å². The summed E-state index contributed by atoms with van der Waals surface area (Å²) in [6, 6.07) is 6.30. The maximum absolute atomic E-state index is 6.09. The van der Waals surface area contributed by atoms with E-state index in [0.29, 0.717) is 0 Å². The summed E-state index contributed by atoms with van der Waals surface area (Å²) < 4.78 is 18.1. The van der Waals surface area contributed by atoms with Gasteiger partial charge in [-0.05, 0) is 57.2 Å². The van der Waals surface area contributed by atoms with Crippen molar-refractivity contribution in [1.82, 2.24) is 34.2 Å². The first-order valence-corrected chi connectivity index (χ1v) is 12.6. The van der Waals surface area contributed by atoms with E-state index < -0.39 is 0 Å². The minimum atomic E-state index is -0.0746. The van der Waals surface area contributed by atoms with Gasteiger partial charge in [0.05, 0.1) is 35.3 Å². The molecule has 3 aliphatic heterocycles. The van der Waals surface area contributed by atoms with Crippen LogP contribution in [0.5, 0.6) is 0 Å². The Morgan fingerprint density at radius 2 is 1.86 bits per heavy atom. The van der Waals surface area contributed by atoms with Crippen LogP contribution in [-0.4, -0.2) is 66.1 Å². The van der Waals surface area contributed by atoms with Crippen molar-refractivity contribution in [2.75, 3.05) is 24.6 Å². The molecule has 3 saturated heterocycles. The fourth-order valence-electron chi connectivity index (χ4n) is 5.76. The zero-order valence-corrected chi connectivity index (χ0v) is 20.2. The van der Waals surface area contributed by atoms with Gasteiger partial charge in [-0.2, -0.15) is 10.2 Å². The van der Waals surface area contributed by atoms with E-state index in [4.69, 9.17) is 24.7 Å². The average Bonchev–Trinajstić information content (AvgIpc) is 3.65. The van der Waals surface area contributed by atoms with Crippen molar-refractivity contribution in [1.29, 1.82) is 0 Å². The Balaban J connectivity index is 1.40. The molecule has 0 aliphatic carbocycles. The smallest absolute Gasteiger partial charge is 0.179 e. The van der Waals surface area contributed by atoms with Crippen molar-refractivity contribution >= 4 is 11.3 Å². The third-order valence-corrected chi connectivity index (χ3v) is 7.47. The lowest BCUT2D eigenvalue weighted by Crippen LogP contribution is -2.43. The maximum atomic E-state index is 6.09. The molecule has 3 aliphatic rings. The molecule has 0 N–H and O–H groups in total. The monoisotopic (exact) mass is 474 g/mol. The zero-order valence-electron chi connectivity index (χ0n) is 20.2. The van der Waals surface area contributed by atoms with Gasteiger partial charge in [-0.1, -0.05) is 0 Å². The van der Waals surface area contributed by atoms with Crippen LogP contribution in [0.1, 0.15) is 44.0 Å². The van der Waals surface area contributed by atoms with E-state index in [-0.39, 0.29) is 18.4 Å². The van der Waals surface area contributed by atoms with E-state index in [1.165, 1.54) is 0 Å². The van der Waals surface area contributed by atoms with Crippen LogP contribution >= 0.6 is 0 Å². The van der Waals surface area contributed by atoms with Gasteiger partial charge in [-0.15, -0.1) is 5.10 Å². The minimum absolute atomic E-state index is 0.0746. The third kappa shape index (κ3) is 3.54. The molecule has 3 fully saturated rings.